The van der Waals surface area contributed by atoms with Crippen LogP contribution in [0.5, 0.6) is 0 Å². The van der Waals surface area contributed by atoms with Crippen LogP contribution in [-0.2, 0) is 0 Å². The van der Waals surface area contributed by atoms with Crippen molar-refractivity contribution in [1.29, 1.82) is 5.26 Å². The molecule has 1 aliphatic heterocycles. The van der Waals surface area contributed by atoms with Crippen molar-refractivity contribution in [1.82, 2.24) is 10.2 Å². The summed E-state index contributed by atoms with van der Waals surface area (Å²) >= 11 is 0. The molecule has 0 bridgehead atoms. The fraction of sp³-hybridized carbons (Fsp3) is 0.923. The average molecular weight is 221 g/mol. The van der Waals surface area contributed by atoms with Gasteiger partial charge in [0, 0.05) is 6.54 Å². The van der Waals surface area contributed by atoms with Crippen LogP contribution >= 0.6 is 0 Å². The molecule has 0 aromatic rings. The predicted octanol–water partition coefficient (Wildman–Crippen LogP) is 1.75. The van der Waals surface area contributed by atoms with Crippen molar-refractivity contribution < 1.29 is 0 Å². The number of piperidine rings is 1. The molecule has 16 heavy (non-hydrogen) atoms. The van der Waals surface area contributed by atoms with Crippen LogP contribution in [0.1, 0.15) is 39.0 Å². The molecule has 1 saturated heterocycles. The van der Waals surface area contributed by atoms with E-state index >= 15 is 0 Å². The maximum absolute atomic E-state index is 9.51. The van der Waals surface area contributed by atoms with Gasteiger partial charge in [0.05, 0.1) is 6.07 Å². The van der Waals surface area contributed by atoms with Crippen molar-refractivity contribution >= 4 is 0 Å². The molecule has 1 saturated carbocycles. The van der Waals surface area contributed by atoms with Gasteiger partial charge in [-0.1, -0.05) is 13.3 Å². The van der Waals surface area contributed by atoms with Crippen LogP contribution in [-0.4, -0.2) is 36.6 Å². The van der Waals surface area contributed by atoms with Gasteiger partial charge in [-0.25, -0.2) is 0 Å². The highest BCUT2D eigenvalue weighted by molar-refractivity contribution is 5.16. The van der Waals surface area contributed by atoms with Gasteiger partial charge in [-0.15, -0.1) is 0 Å². The number of rotatable bonds is 5. The molecule has 1 atom stereocenters. The van der Waals surface area contributed by atoms with Crippen LogP contribution in [0.25, 0.3) is 0 Å². The lowest BCUT2D eigenvalue weighted by Gasteiger charge is -2.36. The Morgan fingerprint density at radius 3 is 2.50 bits per heavy atom. The molecule has 0 radical (unpaired) electrons. The van der Waals surface area contributed by atoms with Crippen LogP contribution in [0, 0.1) is 17.2 Å². The Kier molecular flexibility index (Phi) is 3.83. The third-order valence-electron chi connectivity index (χ3n) is 3.89. The minimum Gasteiger partial charge on any atom is -0.300 e. The van der Waals surface area contributed by atoms with Gasteiger partial charge in [0.2, 0.25) is 0 Å². The van der Waals surface area contributed by atoms with Crippen molar-refractivity contribution in [3.8, 4) is 6.07 Å². The van der Waals surface area contributed by atoms with Gasteiger partial charge in [0.25, 0.3) is 0 Å². The zero-order valence-electron chi connectivity index (χ0n) is 10.3. The van der Waals surface area contributed by atoms with Crippen molar-refractivity contribution in [2.45, 2.75) is 44.6 Å². The molecule has 1 heterocycles. The second-order valence-corrected chi connectivity index (χ2v) is 5.22. The molecule has 2 rings (SSSR count). The van der Waals surface area contributed by atoms with E-state index in [2.05, 4.69) is 23.2 Å². The van der Waals surface area contributed by atoms with E-state index in [1.807, 2.05) is 0 Å². The zero-order valence-corrected chi connectivity index (χ0v) is 10.3. The second kappa shape index (κ2) is 5.16. The fourth-order valence-corrected chi connectivity index (χ4v) is 2.86. The maximum atomic E-state index is 9.51. The molecule has 2 fully saturated rings. The molecule has 3 nitrogen and oxygen atoms in total. The molecule has 0 aromatic heterocycles. The standard InChI is InChI=1S/C13H23N3/c1-2-15-13(10-14,12-6-7-12)11-16-8-4-3-5-9-16/h12,15H,2-9,11H2,1H3. The lowest BCUT2D eigenvalue weighted by Crippen LogP contribution is -2.55. The number of likely N-dealkylation sites (N-methyl/N-ethyl adjacent to an activating group) is 1. The topological polar surface area (TPSA) is 39.1 Å². The zero-order chi connectivity index (χ0) is 11.4. The SMILES string of the molecule is CCNC(C#N)(CN1CCCCC1)C1CC1. The lowest BCUT2D eigenvalue weighted by atomic mass is 9.93. The van der Waals surface area contributed by atoms with Gasteiger partial charge in [-0.3, -0.25) is 5.32 Å². The molecule has 0 amide bonds. The first-order valence-electron chi connectivity index (χ1n) is 6.69. The highest BCUT2D eigenvalue weighted by Crippen LogP contribution is 2.40. The van der Waals surface area contributed by atoms with Gasteiger partial charge in [0.1, 0.15) is 5.54 Å². The molecule has 2 aliphatic rings. The molecule has 90 valence electrons. The van der Waals surface area contributed by atoms with E-state index in [0.29, 0.717) is 5.92 Å². The summed E-state index contributed by atoms with van der Waals surface area (Å²) in [5.41, 5.74) is -0.258. The minimum atomic E-state index is -0.258. The molecule has 1 unspecified atom stereocenters. The quantitative estimate of drug-likeness (QED) is 0.769. The van der Waals surface area contributed by atoms with E-state index in [1.165, 1.54) is 45.2 Å². The first-order chi connectivity index (χ1) is 7.80. The summed E-state index contributed by atoms with van der Waals surface area (Å²) in [7, 11) is 0. The van der Waals surface area contributed by atoms with E-state index in [1.54, 1.807) is 0 Å². The summed E-state index contributed by atoms with van der Waals surface area (Å²) in [6.45, 7) is 6.30. The van der Waals surface area contributed by atoms with Gasteiger partial charge in [-0.2, -0.15) is 5.26 Å². The summed E-state index contributed by atoms with van der Waals surface area (Å²) in [6, 6.07) is 2.57. The van der Waals surface area contributed by atoms with Crippen LogP contribution < -0.4 is 5.32 Å². The average Bonchev–Trinajstić information content (AvgIpc) is 3.14. The highest BCUT2D eigenvalue weighted by atomic mass is 15.2. The smallest absolute Gasteiger partial charge is 0.122 e. The van der Waals surface area contributed by atoms with Crippen LogP contribution in [0.4, 0.5) is 0 Å². The van der Waals surface area contributed by atoms with Crippen LogP contribution in [0.15, 0.2) is 0 Å². The Morgan fingerprint density at radius 2 is 2.00 bits per heavy atom. The monoisotopic (exact) mass is 221 g/mol. The summed E-state index contributed by atoms with van der Waals surface area (Å²) in [5, 5.41) is 13.0. The Labute approximate surface area is 98.8 Å². The summed E-state index contributed by atoms with van der Waals surface area (Å²) < 4.78 is 0. The normalized spacial score (nSPS) is 26.0. The molecule has 0 aromatic carbocycles. The van der Waals surface area contributed by atoms with Gasteiger partial charge in [0.15, 0.2) is 0 Å². The first-order valence-corrected chi connectivity index (χ1v) is 6.69. The number of hydrogen-bond donors (Lipinski definition) is 1. The van der Waals surface area contributed by atoms with Crippen molar-refractivity contribution in [3.05, 3.63) is 0 Å². The molecule has 0 spiro atoms. The van der Waals surface area contributed by atoms with E-state index in [9.17, 15) is 5.26 Å². The second-order valence-electron chi connectivity index (χ2n) is 5.22. The van der Waals surface area contributed by atoms with Gasteiger partial charge >= 0.3 is 0 Å². The summed E-state index contributed by atoms with van der Waals surface area (Å²) in [5.74, 6) is 0.597. The summed E-state index contributed by atoms with van der Waals surface area (Å²) in [6.07, 6.45) is 6.43. The number of nitrogens with one attached hydrogen (secondary N) is 1. The predicted molar refractivity (Wildman–Crippen MR) is 65.0 cm³/mol. The van der Waals surface area contributed by atoms with E-state index in [4.69, 9.17) is 0 Å². The molecule has 3 heteroatoms. The number of likely N-dealkylation sites (tertiary alicyclic amines) is 1. The molecule has 1 N–H and O–H groups in total. The third-order valence-corrected chi connectivity index (χ3v) is 3.89. The Hall–Kier alpha value is -0.590. The Bertz CT molecular complexity index is 261. The Balaban J connectivity index is 1.97. The highest BCUT2D eigenvalue weighted by Gasteiger charge is 2.46. The van der Waals surface area contributed by atoms with Gasteiger partial charge in [-0.05, 0) is 51.2 Å². The first kappa shape index (κ1) is 11.9. The molecule has 1 aliphatic carbocycles. The van der Waals surface area contributed by atoms with Crippen molar-refractivity contribution in [2.75, 3.05) is 26.2 Å². The number of nitriles is 1. The Morgan fingerprint density at radius 1 is 1.31 bits per heavy atom. The van der Waals surface area contributed by atoms with Crippen LogP contribution in [0.2, 0.25) is 0 Å². The molecular weight excluding hydrogens is 198 g/mol. The van der Waals surface area contributed by atoms with Crippen LogP contribution in [0.3, 0.4) is 0 Å². The van der Waals surface area contributed by atoms with E-state index in [0.717, 1.165) is 13.1 Å². The number of nitrogens with zero attached hydrogens (tertiary/aromatic N) is 2. The third kappa shape index (κ3) is 2.56. The van der Waals surface area contributed by atoms with E-state index < -0.39 is 0 Å². The minimum absolute atomic E-state index is 0.258. The number of hydrogen-bond acceptors (Lipinski definition) is 3. The van der Waals surface area contributed by atoms with Crippen molar-refractivity contribution in [2.24, 2.45) is 5.92 Å². The maximum Gasteiger partial charge on any atom is 0.122 e. The van der Waals surface area contributed by atoms with E-state index in [-0.39, 0.29) is 5.54 Å². The van der Waals surface area contributed by atoms with Crippen molar-refractivity contribution in [3.63, 3.8) is 0 Å². The fourth-order valence-electron chi connectivity index (χ4n) is 2.86. The largest absolute Gasteiger partial charge is 0.300 e. The lowest BCUT2D eigenvalue weighted by molar-refractivity contribution is 0.170. The van der Waals surface area contributed by atoms with Gasteiger partial charge < -0.3 is 4.90 Å². The summed E-state index contributed by atoms with van der Waals surface area (Å²) in [4.78, 5) is 2.48. The molecular formula is C13H23N3.